The minimum atomic E-state index is 0.128. The van der Waals surface area contributed by atoms with E-state index >= 15 is 0 Å². The van der Waals surface area contributed by atoms with E-state index in [1.165, 1.54) is 9.35 Å². The largest absolute Gasteiger partial charge is 0.308 e. The Labute approximate surface area is 118 Å². The molecule has 2 nitrogen and oxygen atoms in total. The van der Waals surface area contributed by atoms with Crippen LogP contribution in [0.3, 0.4) is 0 Å². The van der Waals surface area contributed by atoms with Gasteiger partial charge in [0.1, 0.15) is 0 Å². The molecule has 0 fully saturated rings. The van der Waals surface area contributed by atoms with Crippen molar-refractivity contribution in [2.45, 2.75) is 38.8 Å². The molecule has 0 aromatic carbocycles. The molecule has 1 aromatic heterocycles. The maximum atomic E-state index is 3.66. The lowest BCUT2D eigenvalue weighted by Gasteiger charge is -2.43. The molecule has 17 heavy (non-hydrogen) atoms. The summed E-state index contributed by atoms with van der Waals surface area (Å²) in [5, 5.41) is 5.79. The summed E-state index contributed by atoms with van der Waals surface area (Å²) in [6.45, 7) is 7.73. The molecule has 1 aromatic rings. The predicted octanol–water partition coefficient (Wildman–Crippen LogP) is 3.89. The second-order valence-electron chi connectivity index (χ2n) is 4.73. The van der Waals surface area contributed by atoms with E-state index in [1.807, 2.05) is 11.3 Å². The van der Waals surface area contributed by atoms with Gasteiger partial charge in [-0.05, 0) is 61.4 Å². The van der Waals surface area contributed by atoms with E-state index in [0.717, 1.165) is 13.0 Å². The van der Waals surface area contributed by atoms with Crippen molar-refractivity contribution in [3.05, 3.63) is 20.8 Å². The SMILES string of the molecule is CCNC(c1sccc1Br)C(C)(CC)N(C)C. The van der Waals surface area contributed by atoms with Gasteiger partial charge in [0, 0.05) is 14.9 Å². The monoisotopic (exact) mass is 318 g/mol. The highest BCUT2D eigenvalue weighted by Crippen LogP contribution is 2.39. The molecule has 0 aliphatic carbocycles. The van der Waals surface area contributed by atoms with Crippen LogP contribution in [0.25, 0.3) is 0 Å². The summed E-state index contributed by atoms with van der Waals surface area (Å²) in [4.78, 5) is 3.72. The first kappa shape index (κ1) is 15.2. The highest BCUT2D eigenvalue weighted by Gasteiger charge is 2.36. The number of nitrogens with zero attached hydrogens (tertiary/aromatic N) is 1. The van der Waals surface area contributed by atoms with Gasteiger partial charge >= 0.3 is 0 Å². The molecule has 4 heteroatoms. The average molecular weight is 319 g/mol. The lowest BCUT2D eigenvalue weighted by atomic mass is 9.87. The maximum absolute atomic E-state index is 3.66. The number of hydrogen-bond acceptors (Lipinski definition) is 3. The first-order valence-corrected chi connectivity index (χ1v) is 7.78. The molecule has 0 spiro atoms. The van der Waals surface area contributed by atoms with Crippen LogP contribution in [0.15, 0.2) is 15.9 Å². The Hall–Kier alpha value is 0.1000. The summed E-state index contributed by atoms with van der Waals surface area (Å²) >= 11 is 5.48. The summed E-state index contributed by atoms with van der Waals surface area (Å²) in [6, 6.07) is 2.50. The molecule has 0 bridgehead atoms. The van der Waals surface area contributed by atoms with Gasteiger partial charge in [-0.2, -0.15) is 0 Å². The summed E-state index contributed by atoms with van der Waals surface area (Å²) < 4.78 is 1.22. The van der Waals surface area contributed by atoms with Crippen molar-refractivity contribution in [1.82, 2.24) is 10.2 Å². The minimum absolute atomic E-state index is 0.128. The topological polar surface area (TPSA) is 15.3 Å². The highest BCUT2D eigenvalue weighted by molar-refractivity contribution is 9.10. The first-order valence-electron chi connectivity index (χ1n) is 6.11. The standard InChI is InChI=1S/C13H23BrN2S/c1-6-13(3,16(4)5)12(15-7-2)11-10(14)8-9-17-11/h8-9,12,15H,6-7H2,1-5H3. The Morgan fingerprint density at radius 3 is 2.47 bits per heavy atom. The van der Waals surface area contributed by atoms with Gasteiger partial charge in [-0.3, -0.25) is 0 Å². The van der Waals surface area contributed by atoms with Crippen molar-refractivity contribution >= 4 is 27.3 Å². The number of hydrogen-bond donors (Lipinski definition) is 1. The molecule has 0 saturated heterocycles. The third kappa shape index (κ3) is 3.11. The van der Waals surface area contributed by atoms with Gasteiger partial charge in [0.2, 0.25) is 0 Å². The molecule has 1 N–H and O–H groups in total. The van der Waals surface area contributed by atoms with E-state index in [9.17, 15) is 0 Å². The number of halogens is 1. The number of likely N-dealkylation sites (N-methyl/N-ethyl adjacent to an activating group) is 2. The summed E-state index contributed by atoms with van der Waals surface area (Å²) in [5.41, 5.74) is 0.128. The molecule has 0 aliphatic rings. The minimum Gasteiger partial charge on any atom is -0.308 e. The quantitative estimate of drug-likeness (QED) is 0.856. The Kier molecular flexibility index (Phi) is 5.64. The fourth-order valence-electron chi connectivity index (χ4n) is 2.09. The maximum Gasteiger partial charge on any atom is 0.0610 e. The average Bonchev–Trinajstić information content (AvgIpc) is 2.71. The zero-order chi connectivity index (χ0) is 13.1. The predicted molar refractivity (Wildman–Crippen MR) is 80.8 cm³/mol. The van der Waals surface area contributed by atoms with Gasteiger partial charge in [0.05, 0.1) is 6.04 Å². The van der Waals surface area contributed by atoms with Crippen molar-refractivity contribution in [3.63, 3.8) is 0 Å². The second-order valence-corrected chi connectivity index (χ2v) is 6.53. The van der Waals surface area contributed by atoms with Crippen LogP contribution in [0, 0.1) is 0 Å². The van der Waals surface area contributed by atoms with E-state index in [4.69, 9.17) is 0 Å². The molecule has 1 rings (SSSR count). The Balaban J connectivity index is 3.12. The lowest BCUT2D eigenvalue weighted by Crippen LogP contribution is -2.51. The van der Waals surface area contributed by atoms with E-state index in [0.29, 0.717) is 6.04 Å². The Morgan fingerprint density at radius 2 is 2.12 bits per heavy atom. The molecule has 0 aliphatic heterocycles. The molecule has 1 heterocycles. The summed E-state index contributed by atoms with van der Waals surface area (Å²) in [5.74, 6) is 0. The number of thiophene rings is 1. The Bertz CT molecular complexity index is 351. The van der Waals surface area contributed by atoms with E-state index in [-0.39, 0.29) is 5.54 Å². The fraction of sp³-hybridized carbons (Fsp3) is 0.692. The van der Waals surface area contributed by atoms with Gasteiger partial charge in [-0.15, -0.1) is 11.3 Å². The highest BCUT2D eigenvalue weighted by atomic mass is 79.9. The van der Waals surface area contributed by atoms with Gasteiger partial charge in [-0.1, -0.05) is 13.8 Å². The molecule has 2 atom stereocenters. The van der Waals surface area contributed by atoms with Gasteiger partial charge < -0.3 is 10.2 Å². The van der Waals surface area contributed by atoms with E-state index in [2.05, 4.69) is 72.5 Å². The van der Waals surface area contributed by atoms with Crippen molar-refractivity contribution < 1.29 is 0 Å². The third-order valence-corrected chi connectivity index (χ3v) is 5.61. The number of nitrogens with one attached hydrogen (secondary N) is 1. The van der Waals surface area contributed by atoms with Crippen LogP contribution in [-0.4, -0.2) is 31.1 Å². The van der Waals surface area contributed by atoms with Crippen LogP contribution in [0.2, 0.25) is 0 Å². The van der Waals surface area contributed by atoms with Crippen molar-refractivity contribution in [3.8, 4) is 0 Å². The summed E-state index contributed by atoms with van der Waals surface area (Å²) in [6.07, 6.45) is 1.11. The molecule has 0 amide bonds. The molecule has 0 radical (unpaired) electrons. The van der Waals surface area contributed by atoms with Crippen molar-refractivity contribution in [2.75, 3.05) is 20.6 Å². The van der Waals surface area contributed by atoms with Crippen molar-refractivity contribution in [2.24, 2.45) is 0 Å². The third-order valence-electron chi connectivity index (χ3n) is 3.67. The summed E-state index contributed by atoms with van der Waals surface area (Å²) in [7, 11) is 4.32. The van der Waals surface area contributed by atoms with Gasteiger partial charge in [0.15, 0.2) is 0 Å². The van der Waals surface area contributed by atoms with Crippen LogP contribution >= 0.6 is 27.3 Å². The van der Waals surface area contributed by atoms with Crippen LogP contribution in [0.4, 0.5) is 0 Å². The van der Waals surface area contributed by atoms with Crippen LogP contribution in [0.1, 0.15) is 38.1 Å². The normalized spacial score (nSPS) is 17.1. The van der Waals surface area contributed by atoms with Gasteiger partial charge in [0.25, 0.3) is 0 Å². The van der Waals surface area contributed by atoms with Crippen LogP contribution in [0.5, 0.6) is 0 Å². The number of rotatable bonds is 6. The molecular formula is C13H23BrN2S. The zero-order valence-electron chi connectivity index (χ0n) is 11.4. The zero-order valence-corrected chi connectivity index (χ0v) is 13.8. The van der Waals surface area contributed by atoms with E-state index in [1.54, 1.807) is 0 Å². The van der Waals surface area contributed by atoms with Gasteiger partial charge in [-0.25, -0.2) is 0 Å². The van der Waals surface area contributed by atoms with Crippen molar-refractivity contribution in [1.29, 1.82) is 0 Å². The smallest absolute Gasteiger partial charge is 0.0610 e. The van der Waals surface area contributed by atoms with Crippen LogP contribution in [-0.2, 0) is 0 Å². The van der Waals surface area contributed by atoms with E-state index < -0.39 is 0 Å². The second kappa shape index (κ2) is 6.32. The lowest BCUT2D eigenvalue weighted by molar-refractivity contribution is 0.115. The molecule has 0 saturated carbocycles. The Morgan fingerprint density at radius 1 is 1.47 bits per heavy atom. The fourth-order valence-corrected chi connectivity index (χ4v) is 3.91. The molecular weight excluding hydrogens is 296 g/mol. The van der Waals surface area contributed by atoms with Crippen LogP contribution < -0.4 is 5.32 Å². The molecule has 98 valence electrons. The first-order chi connectivity index (χ1) is 7.97. The molecule has 2 unspecified atom stereocenters.